The molecule has 1 fully saturated rings. The second-order valence-electron chi connectivity index (χ2n) is 4.00. The number of halogens is 2. The quantitative estimate of drug-likeness (QED) is 0.499. The van der Waals surface area contributed by atoms with Gasteiger partial charge in [0, 0.05) is 18.7 Å². The highest BCUT2D eigenvalue weighted by molar-refractivity contribution is 8.16. The molecule has 118 valence electrons. The van der Waals surface area contributed by atoms with Gasteiger partial charge >= 0.3 is 10.3 Å². The Morgan fingerprint density at radius 1 is 1.50 bits per heavy atom. The van der Waals surface area contributed by atoms with Crippen molar-refractivity contribution in [3.05, 3.63) is 48.8 Å². The van der Waals surface area contributed by atoms with Crippen LogP contribution < -0.4 is 5.73 Å². The molecule has 0 atom stereocenters. The molecule has 0 aliphatic carbocycles. The lowest BCUT2D eigenvalue weighted by atomic mass is 10.2. The largest absolute Gasteiger partial charge is 0.350 e. The lowest BCUT2D eigenvalue weighted by molar-refractivity contribution is -0.629. The number of carbonyl (C=O) groups excluding carboxylic acids is 1. The van der Waals surface area contributed by atoms with E-state index in [1.165, 1.54) is 24.3 Å². The summed E-state index contributed by atoms with van der Waals surface area (Å²) in [7, 11) is 0. The zero-order valence-corrected chi connectivity index (χ0v) is 13.4. The number of nitroso groups, excluding NO2 is 1. The minimum Gasteiger partial charge on any atom is -0.328 e. The Morgan fingerprint density at radius 3 is 2.77 bits per heavy atom. The van der Waals surface area contributed by atoms with Gasteiger partial charge in [-0.15, -0.1) is 12.4 Å². The summed E-state index contributed by atoms with van der Waals surface area (Å²) >= 11 is 6.45. The summed E-state index contributed by atoms with van der Waals surface area (Å²) in [6, 6.07) is 4.12. The first-order valence-corrected chi connectivity index (χ1v) is 6.95. The number of carbonyl (C=O) groups is 1. The van der Waals surface area contributed by atoms with E-state index < -0.39 is 10.2 Å². The standard InChI is InChI=1S/C11H10ClN4O4S.ClH/c12-8-2-1-7(5-9(8)16(19)20)6-10-15(18)14(4-3-13)11(17)21-10;/h1-2,5-6H,3-4,13H2;1H/q+1;/b10-6-;. The highest BCUT2D eigenvalue weighted by Gasteiger charge is 2.43. The Morgan fingerprint density at radius 2 is 2.18 bits per heavy atom. The third-order valence-electron chi connectivity index (χ3n) is 2.61. The topological polar surface area (TPSA) is 110 Å². The molecule has 0 bridgehead atoms. The van der Waals surface area contributed by atoms with Gasteiger partial charge in [-0.2, -0.15) is 0 Å². The fraction of sp³-hybridized carbons (Fsp3) is 0.182. The lowest BCUT2D eigenvalue weighted by Crippen LogP contribution is -2.33. The summed E-state index contributed by atoms with van der Waals surface area (Å²) in [6.07, 6.45) is 1.38. The molecule has 8 nitrogen and oxygen atoms in total. The maximum absolute atomic E-state index is 11.9. The van der Waals surface area contributed by atoms with Gasteiger partial charge in [0.15, 0.2) is 4.87 Å². The van der Waals surface area contributed by atoms with E-state index in [1.54, 1.807) is 0 Å². The van der Waals surface area contributed by atoms with Gasteiger partial charge in [0.05, 0.1) is 21.6 Å². The molecule has 2 rings (SSSR count). The highest BCUT2D eigenvalue weighted by atomic mass is 35.5. The van der Waals surface area contributed by atoms with E-state index in [0.29, 0.717) is 10.4 Å². The van der Waals surface area contributed by atoms with Crippen LogP contribution >= 0.6 is 35.8 Å². The van der Waals surface area contributed by atoms with Crippen LogP contribution in [0.15, 0.2) is 23.2 Å². The Kier molecular flexibility index (Phi) is 6.30. The number of nitrogens with zero attached hydrogens (tertiary/aromatic N) is 3. The normalized spacial score (nSPS) is 16.1. The maximum Gasteiger partial charge on any atom is 0.350 e. The van der Waals surface area contributed by atoms with Crippen molar-refractivity contribution < 1.29 is 14.6 Å². The minimum absolute atomic E-state index is 0. The number of rotatable bonds is 4. The van der Waals surface area contributed by atoms with Gasteiger partial charge < -0.3 is 5.73 Å². The average molecular weight is 366 g/mol. The molecule has 0 radical (unpaired) electrons. The number of hydrogen-bond acceptors (Lipinski definition) is 6. The molecule has 0 aromatic heterocycles. The molecule has 0 spiro atoms. The van der Waals surface area contributed by atoms with E-state index in [2.05, 4.69) is 0 Å². The summed E-state index contributed by atoms with van der Waals surface area (Å²) in [4.78, 5) is 34.2. The van der Waals surface area contributed by atoms with Crippen LogP contribution in [0.4, 0.5) is 10.5 Å². The molecule has 22 heavy (non-hydrogen) atoms. The number of benzene rings is 1. The van der Waals surface area contributed by atoms with Gasteiger partial charge in [-0.25, -0.2) is 0 Å². The van der Waals surface area contributed by atoms with E-state index in [-0.39, 0.29) is 41.2 Å². The first-order chi connectivity index (χ1) is 9.93. The molecular weight excluding hydrogens is 355 g/mol. The van der Waals surface area contributed by atoms with Crippen LogP contribution in [0.1, 0.15) is 5.56 Å². The van der Waals surface area contributed by atoms with Gasteiger partial charge in [0.25, 0.3) is 5.69 Å². The van der Waals surface area contributed by atoms with E-state index in [1.807, 2.05) is 0 Å². The Bertz CT molecular complexity index is 667. The number of hydrogen-bond donors (Lipinski definition) is 1. The molecule has 1 amide bonds. The second-order valence-corrected chi connectivity index (χ2v) is 5.38. The van der Waals surface area contributed by atoms with Crippen LogP contribution in [-0.2, 0) is 0 Å². The third-order valence-corrected chi connectivity index (χ3v) is 3.80. The smallest absolute Gasteiger partial charge is 0.328 e. The Labute approximate surface area is 140 Å². The monoisotopic (exact) mass is 365 g/mol. The third kappa shape index (κ3) is 3.74. The minimum atomic E-state index is -0.618. The van der Waals surface area contributed by atoms with E-state index >= 15 is 0 Å². The molecule has 1 aromatic rings. The van der Waals surface area contributed by atoms with Crippen LogP contribution in [0.3, 0.4) is 0 Å². The van der Waals surface area contributed by atoms with Crippen LogP contribution in [0.5, 0.6) is 0 Å². The number of nitrogens with two attached hydrogens (primary N) is 1. The molecule has 11 heteroatoms. The van der Waals surface area contributed by atoms with Gasteiger partial charge in [-0.05, 0) is 11.6 Å². The molecule has 0 saturated carbocycles. The van der Waals surface area contributed by atoms with E-state index in [4.69, 9.17) is 17.3 Å². The summed E-state index contributed by atoms with van der Waals surface area (Å²) < 4.78 is 0. The van der Waals surface area contributed by atoms with Crippen LogP contribution in [0.25, 0.3) is 6.08 Å². The Balaban J connectivity index is 0.00000242. The number of thioether (sulfide) groups is 1. The SMILES string of the molecule is Cl.NCCN1C(=O)S/C(=C\c2ccc(Cl)c([N+](=O)[O-])c2)[N+]1=O. The Hall–Kier alpha value is -1.68. The number of amides is 1. The van der Waals surface area contributed by atoms with Crippen LogP contribution in [0, 0.1) is 15.0 Å². The summed E-state index contributed by atoms with van der Waals surface area (Å²) in [5.41, 5.74) is 5.46. The molecule has 1 aliphatic rings. The van der Waals surface area contributed by atoms with E-state index in [9.17, 15) is 19.8 Å². The average Bonchev–Trinajstić information content (AvgIpc) is 2.69. The highest BCUT2D eigenvalue weighted by Crippen LogP contribution is 2.33. The van der Waals surface area contributed by atoms with Crippen LogP contribution in [-0.4, -0.2) is 33.1 Å². The summed E-state index contributed by atoms with van der Waals surface area (Å²) in [5.74, 6) is 0. The van der Waals surface area contributed by atoms with Crippen molar-refractivity contribution in [3.8, 4) is 0 Å². The molecule has 0 unspecified atom stereocenters. The van der Waals surface area contributed by atoms with Gasteiger partial charge in [0.1, 0.15) is 11.6 Å². The predicted molar refractivity (Wildman–Crippen MR) is 85.7 cm³/mol. The van der Waals surface area contributed by atoms with Crippen molar-refractivity contribution in [2.45, 2.75) is 0 Å². The maximum atomic E-state index is 11.9. The van der Waals surface area contributed by atoms with Crippen LogP contribution in [0.2, 0.25) is 5.02 Å². The van der Waals surface area contributed by atoms with E-state index in [0.717, 1.165) is 16.8 Å². The second kappa shape index (κ2) is 7.54. The zero-order chi connectivity index (χ0) is 15.6. The lowest BCUT2D eigenvalue weighted by Gasteiger charge is -2.00. The van der Waals surface area contributed by atoms with Crippen molar-refractivity contribution in [2.24, 2.45) is 5.73 Å². The molecule has 1 saturated heterocycles. The van der Waals surface area contributed by atoms with Gasteiger partial charge in [0.2, 0.25) is 0 Å². The number of hydrazine groups is 1. The molecule has 1 heterocycles. The predicted octanol–water partition coefficient (Wildman–Crippen LogP) is 2.79. The van der Waals surface area contributed by atoms with Gasteiger partial charge in [-0.3, -0.25) is 14.9 Å². The number of nitro groups is 1. The zero-order valence-electron chi connectivity index (χ0n) is 11.0. The fourth-order valence-corrected chi connectivity index (χ4v) is 2.67. The van der Waals surface area contributed by atoms with Crippen molar-refractivity contribution in [2.75, 3.05) is 13.1 Å². The fourth-order valence-electron chi connectivity index (χ4n) is 1.67. The summed E-state index contributed by atoms with van der Waals surface area (Å²) in [6.45, 7) is 0.262. The molecular formula is C11H11Cl2N4O4S+. The summed E-state index contributed by atoms with van der Waals surface area (Å²) in [5, 5.41) is 11.4. The van der Waals surface area contributed by atoms with Crippen molar-refractivity contribution in [1.29, 1.82) is 0 Å². The van der Waals surface area contributed by atoms with Crippen molar-refractivity contribution in [1.82, 2.24) is 5.01 Å². The van der Waals surface area contributed by atoms with Gasteiger partial charge in [-0.1, -0.05) is 22.7 Å². The number of nitro benzene ring substituents is 1. The molecule has 1 aliphatic heterocycles. The molecule has 1 aromatic carbocycles. The van der Waals surface area contributed by atoms with Crippen molar-refractivity contribution >= 4 is 52.8 Å². The van der Waals surface area contributed by atoms with Crippen molar-refractivity contribution in [3.63, 3.8) is 0 Å². The first-order valence-electron chi connectivity index (χ1n) is 5.76. The molecule has 2 N–H and O–H groups in total. The first kappa shape index (κ1) is 18.4.